The molecular formula is C28H32Cl2N4O6. The number of primary amides is 1. The first-order chi connectivity index (χ1) is 18.7. The molecular weight excluding hydrogens is 559 g/mol. The molecule has 1 saturated carbocycles. The molecule has 0 spiro atoms. The Kier molecular flexibility index (Phi) is 9.48. The summed E-state index contributed by atoms with van der Waals surface area (Å²) in [5.41, 5.74) is 4.55. The molecule has 0 aliphatic heterocycles. The SMILES string of the molecule is CC1(C(=O)NCC(N)=O)CCC(C(=O)N[C@@H](Cc2ccc(NC(=O)c3c(Cl)cccc3Cl)cc2)C(=O)O)C1(C)C. The van der Waals surface area contributed by atoms with Crippen LogP contribution in [0.4, 0.5) is 5.69 Å². The van der Waals surface area contributed by atoms with E-state index in [-0.39, 0.29) is 34.5 Å². The number of nitrogens with one attached hydrogen (secondary N) is 3. The fourth-order valence-corrected chi connectivity index (χ4v) is 5.64. The van der Waals surface area contributed by atoms with Crippen LogP contribution in [0.25, 0.3) is 0 Å². The van der Waals surface area contributed by atoms with Crippen molar-refractivity contribution in [2.24, 2.45) is 22.5 Å². The Balaban J connectivity index is 1.66. The van der Waals surface area contributed by atoms with Crippen LogP contribution in [0.2, 0.25) is 10.0 Å². The molecule has 0 bridgehead atoms. The topological polar surface area (TPSA) is 168 Å². The number of hydrogen-bond acceptors (Lipinski definition) is 5. The number of carbonyl (C=O) groups is 5. The van der Waals surface area contributed by atoms with Crippen LogP contribution in [0.5, 0.6) is 0 Å². The number of carboxylic acids is 1. The predicted molar refractivity (Wildman–Crippen MR) is 151 cm³/mol. The van der Waals surface area contributed by atoms with Crippen LogP contribution in [-0.4, -0.2) is 47.3 Å². The van der Waals surface area contributed by atoms with E-state index in [1.807, 2.05) is 0 Å². The molecule has 0 heterocycles. The maximum atomic E-state index is 13.3. The molecule has 10 nitrogen and oxygen atoms in total. The first-order valence-corrected chi connectivity index (χ1v) is 13.4. The highest BCUT2D eigenvalue weighted by Gasteiger charge is 2.58. The molecule has 214 valence electrons. The number of amides is 4. The normalized spacial score (nSPS) is 20.3. The first kappa shape index (κ1) is 30.9. The van der Waals surface area contributed by atoms with Crippen molar-refractivity contribution < 1.29 is 29.1 Å². The average molecular weight is 591 g/mol. The molecule has 1 aliphatic carbocycles. The lowest BCUT2D eigenvalue weighted by Crippen LogP contribution is -2.52. The van der Waals surface area contributed by atoms with Gasteiger partial charge in [0.2, 0.25) is 17.7 Å². The molecule has 40 heavy (non-hydrogen) atoms. The molecule has 4 amide bonds. The minimum absolute atomic E-state index is 0.00481. The third-order valence-corrected chi connectivity index (χ3v) is 8.55. The van der Waals surface area contributed by atoms with Crippen molar-refractivity contribution in [3.8, 4) is 0 Å². The maximum Gasteiger partial charge on any atom is 0.326 e. The van der Waals surface area contributed by atoms with Gasteiger partial charge in [0.15, 0.2) is 0 Å². The maximum absolute atomic E-state index is 13.3. The highest BCUT2D eigenvalue weighted by molar-refractivity contribution is 6.40. The molecule has 3 atom stereocenters. The van der Waals surface area contributed by atoms with Crippen molar-refractivity contribution >= 4 is 58.5 Å². The van der Waals surface area contributed by atoms with Gasteiger partial charge in [0.25, 0.3) is 5.91 Å². The van der Waals surface area contributed by atoms with Crippen molar-refractivity contribution in [1.29, 1.82) is 0 Å². The van der Waals surface area contributed by atoms with Gasteiger partial charge in [0, 0.05) is 18.0 Å². The van der Waals surface area contributed by atoms with Gasteiger partial charge in [-0.15, -0.1) is 0 Å². The van der Waals surface area contributed by atoms with E-state index in [1.165, 1.54) is 0 Å². The van der Waals surface area contributed by atoms with Gasteiger partial charge in [-0.1, -0.05) is 62.2 Å². The van der Waals surface area contributed by atoms with Crippen LogP contribution in [0.15, 0.2) is 42.5 Å². The van der Waals surface area contributed by atoms with Gasteiger partial charge < -0.3 is 26.8 Å². The third-order valence-electron chi connectivity index (χ3n) is 7.92. The Morgan fingerprint density at radius 2 is 1.62 bits per heavy atom. The van der Waals surface area contributed by atoms with E-state index < -0.39 is 46.5 Å². The van der Waals surface area contributed by atoms with Gasteiger partial charge in [-0.3, -0.25) is 19.2 Å². The quantitative estimate of drug-likeness (QED) is 0.284. The van der Waals surface area contributed by atoms with Gasteiger partial charge in [-0.05, 0) is 48.1 Å². The van der Waals surface area contributed by atoms with E-state index in [9.17, 15) is 29.1 Å². The van der Waals surface area contributed by atoms with E-state index in [1.54, 1.807) is 63.2 Å². The van der Waals surface area contributed by atoms with Crippen molar-refractivity contribution in [1.82, 2.24) is 10.6 Å². The van der Waals surface area contributed by atoms with Gasteiger partial charge in [0.05, 0.1) is 27.6 Å². The van der Waals surface area contributed by atoms with Gasteiger partial charge >= 0.3 is 5.97 Å². The Hall–Kier alpha value is -3.63. The Morgan fingerprint density at radius 1 is 1.02 bits per heavy atom. The lowest BCUT2D eigenvalue weighted by atomic mass is 9.65. The van der Waals surface area contributed by atoms with Crippen molar-refractivity contribution in [2.45, 2.75) is 46.1 Å². The molecule has 12 heteroatoms. The van der Waals surface area contributed by atoms with Crippen molar-refractivity contribution in [3.63, 3.8) is 0 Å². The summed E-state index contributed by atoms with van der Waals surface area (Å²) in [6.45, 7) is 4.99. The van der Waals surface area contributed by atoms with Crippen molar-refractivity contribution in [2.75, 3.05) is 11.9 Å². The van der Waals surface area contributed by atoms with Crippen LogP contribution in [0.1, 0.15) is 49.5 Å². The highest BCUT2D eigenvalue weighted by Crippen LogP contribution is 2.56. The van der Waals surface area contributed by atoms with Crippen LogP contribution in [0.3, 0.4) is 0 Å². The second-order valence-electron chi connectivity index (χ2n) is 10.6. The Morgan fingerprint density at radius 3 is 2.17 bits per heavy atom. The summed E-state index contributed by atoms with van der Waals surface area (Å²) in [5.74, 6) is -3.86. The minimum atomic E-state index is -1.22. The number of hydrogen-bond donors (Lipinski definition) is 5. The van der Waals surface area contributed by atoms with Gasteiger partial charge in [-0.2, -0.15) is 0 Å². The number of nitrogens with two attached hydrogens (primary N) is 1. The fourth-order valence-electron chi connectivity index (χ4n) is 5.07. The predicted octanol–water partition coefficient (Wildman–Crippen LogP) is 3.40. The number of halogens is 2. The molecule has 3 rings (SSSR count). The molecule has 1 aliphatic rings. The van der Waals surface area contributed by atoms with Crippen molar-refractivity contribution in [3.05, 3.63) is 63.6 Å². The lowest BCUT2D eigenvalue weighted by Gasteiger charge is -2.40. The summed E-state index contributed by atoms with van der Waals surface area (Å²) in [5, 5.41) is 18.1. The molecule has 2 aromatic rings. The average Bonchev–Trinajstić information content (AvgIpc) is 3.12. The summed E-state index contributed by atoms with van der Waals surface area (Å²) >= 11 is 12.2. The van der Waals surface area contributed by atoms with Crippen LogP contribution < -0.4 is 21.7 Å². The summed E-state index contributed by atoms with van der Waals surface area (Å²) in [6.07, 6.45) is 0.748. The number of rotatable bonds is 10. The Bertz CT molecular complexity index is 1310. The summed E-state index contributed by atoms with van der Waals surface area (Å²) in [4.78, 5) is 61.8. The smallest absolute Gasteiger partial charge is 0.326 e. The summed E-state index contributed by atoms with van der Waals surface area (Å²) < 4.78 is 0. The van der Waals surface area contributed by atoms with E-state index in [2.05, 4.69) is 16.0 Å². The molecule has 1 fully saturated rings. The number of carboxylic acid groups (broad SMARTS) is 1. The molecule has 0 saturated heterocycles. The second-order valence-corrected chi connectivity index (χ2v) is 11.5. The zero-order valence-electron chi connectivity index (χ0n) is 22.3. The first-order valence-electron chi connectivity index (χ1n) is 12.6. The lowest BCUT2D eigenvalue weighted by molar-refractivity contribution is -0.145. The number of aliphatic carboxylic acids is 1. The molecule has 0 radical (unpaired) electrons. The van der Waals surface area contributed by atoms with Crippen LogP contribution >= 0.6 is 23.2 Å². The zero-order valence-corrected chi connectivity index (χ0v) is 23.9. The standard InChI is InChI=1S/C28H32Cl2N4O6/c1-27(2)17(11-12-28(27,3)26(40)32-14-21(31)35)23(36)34-20(25(38)39)13-15-7-9-16(10-8-15)33-24(37)22-18(29)5-4-6-19(22)30/h4-10,17,20H,11-14H2,1-3H3,(H2,31,35)(H,32,40)(H,33,37)(H,34,36)(H,38,39)/t17?,20-,28?/m0/s1. The van der Waals surface area contributed by atoms with Crippen LogP contribution in [0, 0.1) is 16.7 Å². The number of benzene rings is 2. The molecule has 2 unspecified atom stereocenters. The molecule has 6 N–H and O–H groups in total. The second kappa shape index (κ2) is 12.3. The fraction of sp³-hybridized carbons (Fsp3) is 0.393. The summed E-state index contributed by atoms with van der Waals surface area (Å²) in [6, 6.07) is 10.0. The van der Waals surface area contributed by atoms with E-state index in [0.717, 1.165) is 0 Å². The number of carbonyl (C=O) groups excluding carboxylic acids is 4. The number of anilines is 1. The summed E-state index contributed by atoms with van der Waals surface area (Å²) in [7, 11) is 0. The van der Waals surface area contributed by atoms with Gasteiger partial charge in [0.1, 0.15) is 6.04 Å². The van der Waals surface area contributed by atoms with Gasteiger partial charge in [-0.25, -0.2) is 4.79 Å². The third kappa shape index (κ3) is 6.56. The van der Waals surface area contributed by atoms with E-state index in [4.69, 9.17) is 28.9 Å². The Labute approximate surface area is 242 Å². The largest absolute Gasteiger partial charge is 0.480 e. The minimum Gasteiger partial charge on any atom is -0.480 e. The monoisotopic (exact) mass is 590 g/mol. The highest BCUT2D eigenvalue weighted by atomic mass is 35.5. The van der Waals surface area contributed by atoms with E-state index >= 15 is 0 Å². The van der Waals surface area contributed by atoms with Crippen LogP contribution in [-0.2, 0) is 25.6 Å². The van der Waals surface area contributed by atoms with E-state index in [0.29, 0.717) is 24.1 Å². The molecule has 2 aromatic carbocycles. The zero-order chi connectivity index (χ0) is 29.8. The molecule has 0 aromatic heterocycles.